The molecule has 0 amide bonds. The van der Waals surface area contributed by atoms with Crippen LogP contribution in [0.4, 0.5) is 0 Å². The van der Waals surface area contributed by atoms with Gasteiger partial charge in [-0.3, -0.25) is 0 Å². The summed E-state index contributed by atoms with van der Waals surface area (Å²) in [4.78, 5) is 0. The fourth-order valence-corrected chi connectivity index (χ4v) is 4.26. The minimum Gasteiger partial charge on any atom is -0.329 e. The van der Waals surface area contributed by atoms with Crippen LogP contribution in [0.2, 0.25) is 0 Å². The first kappa shape index (κ1) is 16.9. The molecule has 0 radical (unpaired) electrons. The molecule has 0 spiro atoms. The third-order valence-corrected chi connectivity index (χ3v) is 5.57. The highest BCUT2D eigenvalue weighted by Gasteiger charge is 2.27. The lowest BCUT2D eigenvalue weighted by Gasteiger charge is -2.32. The van der Waals surface area contributed by atoms with Gasteiger partial charge in [-0.05, 0) is 30.6 Å². The van der Waals surface area contributed by atoms with Crippen LogP contribution in [0.3, 0.4) is 0 Å². The molecule has 3 nitrogen and oxygen atoms in total. The molecule has 3 atom stereocenters. The summed E-state index contributed by atoms with van der Waals surface area (Å²) in [6, 6.07) is 0. The van der Waals surface area contributed by atoms with Crippen molar-refractivity contribution >= 4 is 29.7 Å². The molecule has 0 saturated heterocycles. The van der Waals surface area contributed by atoms with Crippen LogP contribution in [0.1, 0.15) is 32.6 Å². The van der Waals surface area contributed by atoms with Crippen molar-refractivity contribution in [2.75, 3.05) is 34.3 Å². The van der Waals surface area contributed by atoms with Gasteiger partial charge >= 0.3 is 0 Å². The van der Waals surface area contributed by atoms with E-state index in [1.807, 2.05) is 0 Å². The number of nitrogens with zero attached hydrogens (tertiary/aromatic N) is 1. The van der Waals surface area contributed by atoms with Gasteiger partial charge in [-0.1, -0.05) is 32.0 Å². The number of quaternary nitrogens is 1. The fourth-order valence-electron chi connectivity index (χ4n) is 2.07. The maximum absolute atomic E-state index is 5.97. The van der Waals surface area contributed by atoms with Crippen molar-refractivity contribution in [3.05, 3.63) is 0 Å². The average Bonchev–Trinajstić information content (AvgIpc) is 2.18. The molecule has 0 aromatic heterocycles. The number of rotatable bonds is 6. The lowest BCUT2D eigenvalue weighted by molar-refractivity contribution is -0.870. The quantitative estimate of drug-likeness (QED) is 0.460. The van der Waals surface area contributed by atoms with Crippen LogP contribution in [-0.4, -0.2) is 44.9 Å². The third-order valence-electron chi connectivity index (χ3n) is 3.32. The Morgan fingerprint density at radius 1 is 1.28 bits per heavy atom. The Balaban J connectivity index is 2.36. The molecular formula is C12H27NO2PS2+. The first-order valence-electron chi connectivity index (χ1n) is 6.66. The van der Waals surface area contributed by atoms with Crippen molar-refractivity contribution in [2.45, 2.75) is 38.7 Å². The molecule has 0 heterocycles. The zero-order chi connectivity index (χ0) is 13.8. The molecule has 108 valence electrons. The molecular weight excluding hydrogens is 285 g/mol. The number of hydrogen-bond acceptors (Lipinski definition) is 3. The summed E-state index contributed by atoms with van der Waals surface area (Å²) in [5.41, 5.74) is -2.37. The molecule has 1 aliphatic carbocycles. The molecule has 3 unspecified atom stereocenters. The number of likely N-dealkylation sites (N-methyl/N-ethyl adjacent to an activating group) is 1. The smallest absolute Gasteiger partial charge is 0.244 e. The molecule has 1 saturated carbocycles. The molecule has 0 aromatic rings. The van der Waals surface area contributed by atoms with Gasteiger partial charge in [0.2, 0.25) is 5.69 Å². The summed E-state index contributed by atoms with van der Waals surface area (Å²) in [6.45, 7) is 3.77. The average molecular weight is 312 g/mol. The van der Waals surface area contributed by atoms with Crippen LogP contribution >= 0.6 is 17.9 Å². The monoisotopic (exact) mass is 312 g/mol. The van der Waals surface area contributed by atoms with Gasteiger partial charge in [0.15, 0.2) is 0 Å². The van der Waals surface area contributed by atoms with Gasteiger partial charge in [-0.25, -0.2) is 0 Å². The first-order chi connectivity index (χ1) is 8.20. The molecule has 0 bridgehead atoms. The summed E-state index contributed by atoms with van der Waals surface area (Å²) in [5.74, 6) is 0.579. The van der Waals surface area contributed by atoms with E-state index in [0.717, 1.165) is 17.4 Å². The molecule has 0 N–H and O–H groups in total. The van der Waals surface area contributed by atoms with Crippen molar-refractivity contribution in [2.24, 2.45) is 5.92 Å². The van der Waals surface area contributed by atoms with Crippen molar-refractivity contribution < 1.29 is 13.5 Å². The second kappa shape index (κ2) is 7.05. The molecule has 0 aliphatic heterocycles. The standard InChI is InChI=1S/C12H26NO2PS2/c1-11-7-5-6-8-12(11)15-16(17,18)14-10-9-13(2,3)4/h11-12H,5-10H2,1-4H3/p+1. The maximum atomic E-state index is 5.97. The molecule has 0 aromatic carbocycles. The summed E-state index contributed by atoms with van der Waals surface area (Å²) in [5, 5.41) is 0. The normalized spacial score (nSPS) is 28.9. The van der Waals surface area contributed by atoms with Crippen molar-refractivity contribution in [3.8, 4) is 0 Å². The molecule has 1 aliphatic rings. The van der Waals surface area contributed by atoms with Gasteiger partial charge in [-0.15, -0.1) is 0 Å². The zero-order valence-electron chi connectivity index (χ0n) is 12.0. The van der Waals surface area contributed by atoms with Crippen LogP contribution < -0.4 is 0 Å². The summed E-state index contributed by atoms with van der Waals surface area (Å²) < 4.78 is 12.5. The SMILES string of the molecule is CC1CCCCC1OP(=S)(S)OCC[N+](C)(C)C. The third kappa shape index (κ3) is 6.88. The zero-order valence-corrected chi connectivity index (χ0v) is 14.6. The Morgan fingerprint density at radius 2 is 1.89 bits per heavy atom. The highest BCUT2D eigenvalue weighted by molar-refractivity contribution is 8.60. The Kier molecular flexibility index (Phi) is 6.63. The molecule has 1 rings (SSSR count). The van der Waals surface area contributed by atoms with E-state index in [-0.39, 0.29) is 6.10 Å². The number of thiol groups is 1. The van der Waals surface area contributed by atoms with Crippen molar-refractivity contribution in [1.82, 2.24) is 0 Å². The second-order valence-corrected chi connectivity index (χ2v) is 11.5. The molecule has 1 fully saturated rings. The Bertz CT molecular complexity index is 307. The van der Waals surface area contributed by atoms with E-state index in [4.69, 9.17) is 20.9 Å². The van der Waals surface area contributed by atoms with Crippen molar-refractivity contribution in [1.29, 1.82) is 0 Å². The van der Waals surface area contributed by atoms with Crippen LogP contribution in [-0.2, 0) is 20.9 Å². The molecule has 18 heavy (non-hydrogen) atoms. The van der Waals surface area contributed by atoms with Gasteiger partial charge in [0.25, 0.3) is 0 Å². The lowest BCUT2D eigenvalue weighted by atomic mass is 9.88. The van der Waals surface area contributed by atoms with E-state index >= 15 is 0 Å². The van der Waals surface area contributed by atoms with E-state index in [9.17, 15) is 0 Å². The predicted molar refractivity (Wildman–Crippen MR) is 84.6 cm³/mol. The van der Waals surface area contributed by atoms with E-state index in [0.29, 0.717) is 12.5 Å². The first-order valence-corrected chi connectivity index (χ1v) is 10.4. The van der Waals surface area contributed by atoms with Crippen LogP contribution in [0.25, 0.3) is 0 Å². The Labute approximate surface area is 122 Å². The summed E-state index contributed by atoms with van der Waals surface area (Å²) in [7, 11) is 6.40. The van der Waals surface area contributed by atoms with E-state index in [2.05, 4.69) is 40.3 Å². The second-order valence-electron chi connectivity index (χ2n) is 6.22. The Hall–Kier alpha value is 0.880. The van der Waals surface area contributed by atoms with E-state index in [1.54, 1.807) is 0 Å². The largest absolute Gasteiger partial charge is 0.329 e. The number of hydrogen-bond donors (Lipinski definition) is 1. The predicted octanol–water partition coefficient (Wildman–Crippen LogP) is 3.46. The van der Waals surface area contributed by atoms with Gasteiger partial charge in [-0.2, -0.15) is 0 Å². The van der Waals surface area contributed by atoms with Gasteiger partial charge < -0.3 is 13.5 Å². The summed E-state index contributed by atoms with van der Waals surface area (Å²) in [6.07, 6.45) is 5.10. The minimum absolute atomic E-state index is 0.242. The lowest BCUT2D eigenvalue weighted by Crippen LogP contribution is -2.37. The highest BCUT2D eigenvalue weighted by atomic mass is 32.9. The van der Waals surface area contributed by atoms with Gasteiger partial charge in [0.05, 0.1) is 27.2 Å². The van der Waals surface area contributed by atoms with Crippen LogP contribution in [0, 0.1) is 5.92 Å². The summed E-state index contributed by atoms with van der Waals surface area (Å²) >= 11 is 9.83. The van der Waals surface area contributed by atoms with Crippen LogP contribution in [0.15, 0.2) is 0 Å². The topological polar surface area (TPSA) is 18.5 Å². The highest BCUT2D eigenvalue weighted by Crippen LogP contribution is 2.56. The van der Waals surface area contributed by atoms with Gasteiger partial charge in [0.1, 0.15) is 13.2 Å². The van der Waals surface area contributed by atoms with Crippen molar-refractivity contribution in [3.63, 3.8) is 0 Å². The van der Waals surface area contributed by atoms with E-state index in [1.165, 1.54) is 19.3 Å². The van der Waals surface area contributed by atoms with E-state index < -0.39 is 5.69 Å². The maximum Gasteiger partial charge on any atom is 0.244 e. The Morgan fingerprint density at radius 3 is 2.44 bits per heavy atom. The van der Waals surface area contributed by atoms with Gasteiger partial charge in [0, 0.05) is 0 Å². The fraction of sp³-hybridized carbons (Fsp3) is 1.00. The molecule has 6 heteroatoms. The minimum atomic E-state index is -2.37. The van der Waals surface area contributed by atoms with Crippen LogP contribution in [0.5, 0.6) is 0 Å².